The van der Waals surface area contributed by atoms with E-state index in [1.54, 1.807) is 0 Å². The zero-order valence-corrected chi connectivity index (χ0v) is 12.5. The van der Waals surface area contributed by atoms with Crippen LogP contribution in [0.5, 0.6) is 0 Å². The fourth-order valence-electron chi connectivity index (χ4n) is 2.07. The third-order valence-electron chi connectivity index (χ3n) is 3.35. The zero-order chi connectivity index (χ0) is 14.4. The molecule has 0 amide bonds. The van der Waals surface area contributed by atoms with Gasteiger partial charge in [0.15, 0.2) is 5.82 Å². The first-order valence-corrected chi connectivity index (χ1v) is 7.40. The molecule has 1 aromatic rings. The molecule has 0 atom stereocenters. The predicted molar refractivity (Wildman–Crippen MR) is 82.3 cm³/mol. The Labute approximate surface area is 122 Å². The van der Waals surface area contributed by atoms with E-state index in [1.165, 1.54) is 12.8 Å². The molecular formula is C16H24N4. The van der Waals surface area contributed by atoms with Crippen molar-refractivity contribution in [1.29, 1.82) is 0 Å². The monoisotopic (exact) mass is 272 g/mol. The van der Waals surface area contributed by atoms with Crippen LogP contribution in [0.4, 0.5) is 5.82 Å². The minimum absolute atomic E-state index is 0.607. The average Bonchev–Trinajstić information content (AvgIpc) is 3.23. The Morgan fingerprint density at radius 1 is 1.40 bits per heavy atom. The maximum absolute atomic E-state index is 5.44. The van der Waals surface area contributed by atoms with Gasteiger partial charge >= 0.3 is 0 Å². The molecule has 0 spiro atoms. The number of rotatable bonds is 8. The SMILES string of the molecule is C#CCN(CC1CC1)c1ccc(CNCC(C)C)nn1. The van der Waals surface area contributed by atoms with Crippen LogP contribution in [0.15, 0.2) is 12.1 Å². The summed E-state index contributed by atoms with van der Waals surface area (Å²) < 4.78 is 0. The first-order valence-electron chi connectivity index (χ1n) is 7.40. The van der Waals surface area contributed by atoms with E-state index in [1.807, 2.05) is 12.1 Å². The molecule has 0 bridgehead atoms. The van der Waals surface area contributed by atoms with Gasteiger partial charge in [-0.15, -0.1) is 11.5 Å². The van der Waals surface area contributed by atoms with E-state index in [0.29, 0.717) is 12.5 Å². The Morgan fingerprint density at radius 3 is 2.75 bits per heavy atom. The molecule has 20 heavy (non-hydrogen) atoms. The molecule has 2 rings (SSSR count). The molecule has 0 aromatic carbocycles. The molecule has 1 saturated carbocycles. The molecular weight excluding hydrogens is 248 g/mol. The Balaban J connectivity index is 1.89. The van der Waals surface area contributed by atoms with Crippen molar-refractivity contribution in [3.05, 3.63) is 17.8 Å². The molecule has 1 aliphatic carbocycles. The summed E-state index contributed by atoms with van der Waals surface area (Å²) >= 11 is 0. The largest absolute Gasteiger partial charge is 0.344 e. The molecule has 1 fully saturated rings. The lowest BCUT2D eigenvalue weighted by Crippen LogP contribution is -2.27. The molecule has 1 aliphatic rings. The zero-order valence-electron chi connectivity index (χ0n) is 12.5. The molecule has 0 aliphatic heterocycles. The van der Waals surface area contributed by atoms with Crippen molar-refractivity contribution in [2.24, 2.45) is 11.8 Å². The maximum Gasteiger partial charge on any atom is 0.152 e. The van der Waals surface area contributed by atoms with Gasteiger partial charge in [-0.05, 0) is 43.4 Å². The highest BCUT2D eigenvalue weighted by molar-refractivity contribution is 5.39. The van der Waals surface area contributed by atoms with Crippen LogP contribution in [0.2, 0.25) is 0 Å². The molecule has 4 heteroatoms. The van der Waals surface area contributed by atoms with Gasteiger partial charge in [0.1, 0.15) is 0 Å². The number of nitrogens with one attached hydrogen (secondary N) is 1. The fourth-order valence-corrected chi connectivity index (χ4v) is 2.07. The minimum Gasteiger partial charge on any atom is -0.344 e. The molecule has 1 N–H and O–H groups in total. The molecule has 1 aromatic heterocycles. The van der Waals surface area contributed by atoms with Crippen molar-refractivity contribution in [1.82, 2.24) is 15.5 Å². The van der Waals surface area contributed by atoms with Crippen LogP contribution in [0, 0.1) is 24.2 Å². The molecule has 1 heterocycles. The highest BCUT2D eigenvalue weighted by Crippen LogP contribution is 2.30. The van der Waals surface area contributed by atoms with Gasteiger partial charge in [0.25, 0.3) is 0 Å². The number of aromatic nitrogens is 2. The molecule has 0 radical (unpaired) electrons. The predicted octanol–water partition coefficient (Wildman–Crippen LogP) is 2.07. The second-order valence-electron chi connectivity index (χ2n) is 5.94. The smallest absolute Gasteiger partial charge is 0.152 e. The summed E-state index contributed by atoms with van der Waals surface area (Å²) in [5.74, 6) is 5.03. The van der Waals surface area contributed by atoms with E-state index >= 15 is 0 Å². The van der Waals surface area contributed by atoms with Gasteiger partial charge in [0.05, 0.1) is 12.2 Å². The quantitative estimate of drug-likeness (QED) is 0.736. The number of nitrogens with zero attached hydrogens (tertiary/aromatic N) is 3. The fraction of sp³-hybridized carbons (Fsp3) is 0.625. The van der Waals surface area contributed by atoms with Crippen molar-refractivity contribution in [3.8, 4) is 12.3 Å². The van der Waals surface area contributed by atoms with Crippen molar-refractivity contribution < 1.29 is 0 Å². The third kappa shape index (κ3) is 4.82. The van der Waals surface area contributed by atoms with Crippen LogP contribution in [-0.4, -0.2) is 29.8 Å². The van der Waals surface area contributed by atoms with Crippen LogP contribution in [0.25, 0.3) is 0 Å². The first kappa shape index (κ1) is 14.8. The van der Waals surface area contributed by atoms with Crippen LogP contribution in [0.1, 0.15) is 32.4 Å². The highest BCUT2D eigenvalue weighted by atomic mass is 15.3. The van der Waals surface area contributed by atoms with Gasteiger partial charge in [-0.25, -0.2) is 0 Å². The van der Waals surface area contributed by atoms with E-state index in [9.17, 15) is 0 Å². The normalized spacial score (nSPS) is 14.3. The lowest BCUT2D eigenvalue weighted by molar-refractivity contribution is 0.546. The van der Waals surface area contributed by atoms with Gasteiger partial charge in [-0.3, -0.25) is 0 Å². The minimum atomic E-state index is 0.607. The van der Waals surface area contributed by atoms with Gasteiger partial charge in [0, 0.05) is 13.1 Å². The summed E-state index contributed by atoms with van der Waals surface area (Å²) in [4.78, 5) is 2.15. The van der Waals surface area contributed by atoms with E-state index in [2.05, 4.69) is 40.2 Å². The molecule has 0 saturated heterocycles. The van der Waals surface area contributed by atoms with Gasteiger partial charge < -0.3 is 10.2 Å². The van der Waals surface area contributed by atoms with Gasteiger partial charge in [-0.1, -0.05) is 19.8 Å². The van der Waals surface area contributed by atoms with Crippen molar-refractivity contribution in [2.75, 3.05) is 24.5 Å². The Bertz CT molecular complexity index is 443. The number of terminal acetylenes is 1. The molecule has 0 unspecified atom stereocenters. The summed E-state index contributed by atoms with van der Waals surface area (Å²) in [5.41, 5.74) is 0.974. The second-order valence-corrected chi connectivity index (χ2v) is 5.94. The standard InChI is InChI=1S/C16H24N4/c1-4-9-20(12-14-5-6-14)16-8-7-15(18-19-16)11-17-10-13(2)3/h1,7-8,13-14,17H,5-6,9-12H2,2-3H3. The van der Waals surface area contributed by atoms with Crippen molar-refractivity contribution in [2.45, 2.75) is 33.2 Å². The highest BCUT2D eigenvalue weighted by Gasteiger charge is 2.24. The second kappa shape index (κ2) is 7.25. The molecule has 108 valence electrons. The van der Waals surface area contributed by atoms with Gasteiger partial charge in [-0.2, -0.15) is 5.10 Å². The average molecular weight is 272 g/mol. The van der Waals surface area contributed by atoms with E-state index < -0.39 is 0 Å². The molecule has 4 nitrogen and oxygen atoms in total. The maximum atomic E-state index is 5.44. The topological polar surface area (TPSA) is 41.0 Å². The van der Waals surface area contributed by atoms with Crippen LogP contribution in [0.3, 0.4) is 0 Å². The van der Waals surface area contributed by atoms with E-state index in [4.69, 9.17) is 6.42 Å². The number of hydrogen-bond donors (Lipinski definition) is 1. The van der Waals surface area contributed by atoms with E-state index in [0.717, 1.165) is 37.1 Å². The van der Waals surface area contributed by atoms with Crippen molar-refractivity contribution >= 4 is 5.82 Å². The summed E-state index contributed by atoms with van der Waals surface area (Å²) in [5, 5.41) is 12.0. The first-order chi connectivity index (χ1) is 9.69. The summed E-state index contributed by atoms with van der Waals surface area (Å²) in [6, 6.07) is 4.06. The van der Waals surface area contributed by atoms with Crippen LogP contribution < -0.4 is 10.2 Å². The Kier molecular flexibility index (Phi) is 5.37. The number of anilines is 1. The Morgan fingerprint density at radius 2 is 2.20 bits per heavy atom. The third-order valence-corrected chi connectivity index (χ3v) is 3.35. The van der Waals surface area contributed by atoms with Gasteiger partial charge in [0.2, 0.25) is 0 Å². The van der Waals surface area contributed by atoms with E-state index in [-0.39, 0.29) is 0 Å². The van der Waals surface area contributed by atoms with Crippen molar-refractivity contribution in [3.63, 3.8) is 0 Å². The summed E-state index contributed by atoms with van der Waals surface area (Å²) in [6.45, 7) is 7.76. The lowest BCUT2D eigenvalue weighted by atomic mass is 10.2. The number of hydrogen-bond acceptors (Lipinski definition) is 4. The lowest BCUT2D eigenvalue weighted by Gasteiger charge is -2.20. The summed E-state index contributed by atoms with van der Waals surface area (Å²) in [7, 11) is 0. The van der Waals surface area contributed by atoms with Crippen LogP contribution >= 0.6 is 0 Å². The van der Waals surface area contributed by atoms with Crippen LogP contribution in [-0.2, 0) is 6.54 Å². The summed E-state index contributed by atoms with van der Waals surface area (Å²) in [6.07, 6.45) is 8.06. The Hall–Kier alpha value is -1.60.